The number of aromatic nitrogens is 3. The van der Waals surface area contributed by atoms with Crippen LogP contribution in [0.25, 0.3) is 20.5 Å². The molecule has 0 saturated carbocycles. The predicted molar refractivity (Wildman–Crippen MR) is 129 cm³/mol. The Labute approximate surface area is 202 Å². The summed E-state index contributed by atoms with van der Waals surface area (Å²) in [6, 6.07) is 12.3. The van der Waals surface area contributed by atoms with Crippen LogP contribution in [0.2, 0.25) is 0 Å². The minimum Gasteiger partial charge on any atom is -0.484 e. The highest BCUT2D eigenvalue weighted by Gasteiger charge is 2.15. The van der Waals surface area contributed by atoms with E-state index in [9.17, 15) is 9.59 Å². The van der Waals surface area contributed by atoms with E-state index in [1.165, 1.54) is 10.7 Å². The fourth-order valence-electron chi connectivity index (χ4n) is 3.34. The van der Waals surface area contributed by atoms with Gasteiger partial charge in [0.05, 0.1) is 22.0 Å². The summed E-state index contributed by atoms with van der Waals surface area (Å²) >= 11 is 3.17. The molecule has 1 aromatic carbocycles. The third-order valence-corrected chi connectivity index (χ3v) is 7.21. The highest BCUT2D eigenvalue weighted by atomic mass is 32.1. The third-order valence-electron chi connectivity index (χ3n) is 4.99. The van der Waals surface area contributed by atoms with Crippen molar-refractivity contribution in [3.05, 3.63) is 63.9 Å². The SMILES string of the molecule is Cc1nc(-c2cccs2)sc1-c1ccc(=O)n(CCNC(=O)COc2ccc3c(c2)OCO3)n1. The number of thiophene rings is 1. The zero-order valence-electron chi connectivity index (χ0n) is 18.1. The first-order valence-corrected chi connectivity index (χ1v) is 12.2. The summed E-state index contributed by atoms with van der Waals surface area (Å²) in [6.07, 6.45) is 0. The van der Waals surface area contributed by atoms with Crippen LogP contribution in [0.3, 0.4) is 0 Å². The maximum Gasteiger partial charge on any atom is 0.266 e. The molecule has 3 aromatic heterocycles. The van der Waals surface area contributed by atoms with Crippen molar-refractivity contribution >= 4 is 28.6 Å². The molecule has 34 heavy (non-hydrogen) atoms. The van der Waals surface area contributed by atoms with Crippen LogP contribution in [0, 0.1) is 6.92 Å². The number of amides is 1. The molecule has 0 spiro atoms. The smallest absolute Gasteiger partial charge is 0.266 e. The van der Waals surface area contributed by atoms with Crippen LogP contribution in [0.4, 0.5) is 0 Å². The fraction of sp³-hybridized carbons (Fsp3) is 0.217. The van der Waals surface area contributed by atoms with E-state index in [1.807, 2.05) is 24.4 Å². The minimum atomic E-state index is -0.305. The molecule has 0 aliphatic carbocycles. The molecule has 1 N–H and O–H groups in total. The molecule has 0 bridgehead atoms. The molecule has 0 unspecified atom stereocenters. The average Bonchev–Trinajstić information content (AvgIpc) is 3.59. The Hall–Kier alpha value is -3.70. The summed E-state index contributed by atoms with van der Waals surface area (Å²) in [5.41, 5.74) is 1.30. The number of hydrogen-bond acceptors (Lipinski definition) is 9. The normalized spacial score (nSPS) is 12.0. The summed E-state index contributed by atoms with van der Waals surface area (Å²) in [5, 5.41) is 10.2. The van der Waals surface area contributed by atoms with Crippen LogP contribution >= 0.6 is 22.7 Å². The molecule has 174 valence electrons. The summed E-state index contributed by atoms with van der Waals surface area (Å²) < 4.78 is 17.4. The van der Waals surface area contributed by atoms with Gasteiger partial charge in [0.1, 0.15) is 16.5 Å². The Kier molecular flexibility index (Phi) is 6.28. The number of carbonyl (C=O) groups is 1. The van der Waals surface area contributed by atoms with Gasteiger partial charge in [-0.15, -0.1) is 22.7 Å². The molecule has 1 aliphatic heterocycles. The molecule has 0 atom stereocenters. The monoisotopic (exact) mass is 496 g/mol. The van der Waals surface area contributed by atoms with Crippen molar-refractivity contribution in [2.45, 2.75) is 13.5 Å². The first-order chi connectivity index (χ1) is 16.6. The largest absolute Gasteiger partial charge is 0.484 e. The van der Waals surface area contributed by atoms with E-state index >= 15 is 0 Å². The number of aryl methyl sites for hydroxylation is 1. The van der Waals surface area contributed by atoms with E-state index < -0.39 is 0 Å². The van der Waals surface area contributed by atoms with Crippen molar-refractivity contribution in [1.29, 1.82) is 0 Å². The molecular weight excluding hydrogens is 476 g/mol. The Morgan fingerprint density at radius 3 is 2.94 bits per heavy atom. The van der Waals surface area contributed by atoms with Gasteiger partial charge in [0.25, 0.3) is 11.5 Å². The molecule has 4 aromatic rings. The minimum absolute atomic E-state index is 0.159. The number of fused-ring (bicyclic) bond motifs is 1. The average molecular weight is 497 g/mol. The molecule has 5 rings (SSSR count). The Morgan fingerprint density at radius 1 is 1.21 bits per heavy atom. The van der Waals surface area contributed by atoms with Crippen molar-refractivity contribution in [1.82, 2.24) is 20.1 Å². The second-order valence-electron chi connectivity index (χ2n) is 7.34. The summed E-state index contributed by atoms with van der Waals surface area (Å²) in [4.78, 5) is 31.1. The van der Waals surface area contributed by atoms with Gasteiger partial charge in [0.15, 0.2) is 18.1 Å². The molecule has 11 heteroatoms. The molecule has 1 amide bonds. The summed E-state index contributed by atoms with van der Waals surface area (Å²) in [7, 11) is 0. The summed E-state index contributed by atoms with van der Waals surface area (Å²) in [5.74, 6) is 1.43. The number of hydrogen-bond donors (Lipinski definition) is 1. The van der Waals surface area contributed by atoms with Crippen molar-refractivity contribution in [3.8, 4) is 37.7 Å². The number of benzene rings is 1. The fourth-order valence-corrected chi connectivity index (χ4v) is 5.17. The molecule has 4 heterocycles. The molecule has 0 saturated heterocycles. The summed E-state index contributed by atoms with van der Waals surface area (Å²) in [6.45, 7) is 2.42. The van der Waals surface area contributed by atoms with Gasteiger partial charge in [-0.1, -0.05) is 6.07 Å². The van der Waals surface area contributed by atoms with Crippen molar-refractivity contribution in [2.75, 3.05) is 19.9 Å². The van der Waals surface area contributed by atoms with Gasteiger partial charge in [0, 0.05) is 18.7 Å². The standard InChI is InChI=1S/C23H20N4O5S2/c1-14-22(34-23(25-14)19-3-2-10-33-19)16-5-7-21(29)27(26-16)9-8-24-20(28)12-30-15-4-6-17-18(11-15)32-13-31-17/h2-7,10-11H,8-9,12-13H2,1H3,(H,24,28). The lowest BCUT2D eigenvalue weighted by Crippen LogP contribution is -2.34. The van der Waals surface area contributed by atoms with Crippen LogP contribution in [0.15, 0.2) is 52.6 Å². The van der Waals surface area contributed by atoms with E-state index in [-0.39, 0.29) is 38.0 Å². The van der Waals surface area contributed by atoms with Crippen LogP contribution in [0.1, 0.15) is 5.69 Å². The van der Waals surface area contributed by atoms with Gasteiger partial charge in [-0.2, -0.15) is 5.10 Å². The Bertz CT molecular complexity index is 1380. The lowest BCUT2D eigenvalue weighted by Gasteiger charge is -2.09. The lowest BCUT2D eigenvalue weighted by molar-refractivity contribution is -0.123. The van der Waals surface area contributed by atoms with E-state index in [0.717, 1.165) is 20.5 Å². The molecule has 9 nitrogen and oxygen atoms in total. The van der Waals surface area contributed by atoms with E-state index in [1.54, 1.807) is 46.9 Å². The van der Waals surface area contributed by atoms with E-state index in [4.69, 9.17) is 14.2 Å². The maximum absolute atomic E-state index is 12.3. The number of thiazole rings is 1. The third kappa shape index (κ3) is 4.80. The molecular formula is C23H20N4O5S2. The second kappa shape index (κ2) is 9.65. The van der Waals surface area contributed by atoms with Gasteiger partial charge in [-0.25, -0.2) is 9.67 Å². The second-order valence-corrected chi connectivity index (χ2v) is 9.29. The number of nitrogens with one attached hydrogen (secondary N) is 1. The van der Waals surface area contributed by atoms with Gasteiger partial charge in [0.2, 0.25) is 6.79 Å². The number of carbonyl (C=O) groups excluding carboxylic acids is 1. The predicted octanol–water partition coefficient (Wildman–Crippen LogP) is 3.33. The number of nitrogens with zero attached hydrogens (tertiary/aromatic N) is 3. The van der Waals surface area contributed by atoms with Crippen molar-refractivity contribution < 1.29 is 19.0 Å². The van der Waals surface area contributed by atoms with Gasteiger partial charge >= 0.3 is 0 Å². The van der Waals surface area contributed by atoms with Crippen LogP contribution < -0.4 is 25.1 Å². The highest BCUT2D eigenvalue weighted by Crippen LogP contribution is 2.36. The highest BCUT2D eigenvalue weighted by molar-refractivity contribution is 7.23. The molecule has 0 fully saturated rings. The van der Waals surface area contributed by atoms with Crippen molar-refractivity contribution in [3.63, 3.8) is 0 Å². The molecule has 0 radical (unpaired) electrons. The zero-order chi connectivity index (χ0) is 23.5. The van der Waals surface area contributed by atoms with Crippen LogP contribution in [-0.4, -0.2) is 40.6 Å². The number of ether oxygens (including phenoxy) is 3. The van der Waals surface area contributed by atoms with Crippen LogP contribution in [0.5, 0.6) is 17.2 Å². The first kappa shape index (κ1) is 22.1. The van der Waals surface area contributed by atoms with Gasteiger partial charge in [-0.3, -0.25) is 9.59 Å². The topological polar surface area (TPSA) is 105 Å². The number of rotatable bonds is 8. The first-order valence-electron chi connectivity index (χ1n) is 10.5. The Balaban J connectivity index is 1.18. The van der Waals surface area contributed by atoms with Gasteiger partial charge < -0.3 is 19.5 Å². The molecule has 1 aliphatic rings. The zero-order valence-corrected chi connectivity index (χ0v) is 19.8. The van der Waals surface area contributed by atoms with Crippen LogP contribution in [-0.2, 0) is 11.3 Å². The van der Waals surface area contributed by atoms with E-state index in [2.05, 4.69) is 15.4 Å². The quantitative estimate of drug-likeness (QED) is 0.399. The Morgan fingerprint density at radius 2 is 2.09 bits per heavy atom. The lowest BCUT2D eigenvalue weighted by atomic mass is 10.3. The van der Waals surface area contributed by atoms with Gasteiger partial charge in [-0.05, 0) is 36.6 Å². The maximum atomic E-state index is 12.3. The van der Waals surface area contributed by atoms with E-state index in [0.29, 0.717) is 22.9 Å². The van der Waals surface area contributed by atoms with Crippen molar-refractivity contribution in [2.24, 2.45) is 0 Å².